The molecule has 0 aromatic rings. The number of nitrogens with zero attached hydrogens (tertiary/aromatic N) is 1. The molecule has 3 heteroatoms. The first-order valence-electron chi connectivity index (χ1n) is 8.40. The topological polar surface area (TPSA) is 24.5 Å². The van der Waals surface area contributed by atoms with Crippen LogP contribution < -0.4 is 5.32 Å². The Morgan fingerprint density at radius 2 is 2.05 bits per heavy atom. The summed E-state index contributed by atoms with van der Waals surface area (Å²) < 4.78 is 5.94. The van der Waals surface area contributed by atoms with E-state index in [4.69, 9.17) is 4.74 Å². The van der Waals surface area contributed by atoms with Gasteiger partial charge in [0.1, 0.15) is 0 Å². The van der Waals surface area contributed by atoms with E-state index < -0.39 is 0 Å². The fourth-order valence-electron chi connectivity index (χ4n) is 3.09. The Morgan fingerprint density at radius 3 is 2.74 bits per heavy atom. The zero-order valence-corrected chi connectivity index (χ0v) is 12.9. The molecule has 0 bridgehead atoms. The minimum absolute atomic E-state index is 0.486. The van der Waals surface area contributed by atoms with E-state index >= 15 is 0 Å². The van der Waals surface area contributed by atoms with Gasteiger partial charge in [-0.2, -0.15) is 0 Å². The highest BCUT2D eigenvalue weighted by Gasteiger charge is 2.33. The molecule has 2 atom stereocenters. The van der Waals surface area contributed by atoms with Crippen LogP contribution in [0.3, 0.4) is 0 Å². The van der Waals surface area contributed by atoms with Crippen molar-refractivity contribution in [2.75, 3.05) is 32.8 Å². The van der Waals surface area contributed by atoms with Crippen molar-refractivity contribution in [3.8, 4) is 0 Å². The van der Waals surface area contributed by atoms with Crippen molar-refractivity contribution in [3.63, 3.8) is 0 Å². The Morgan fingerprint density at radius 1 is 1.21 bits per heavy atom. The lowest BCUT2D eigenvalue weighted by Crippen LogP contribution is -2.48. The lowest BCUT2D eigenvalue weighted by molar-refractivity contribution is -0.00282. The Hall–Kier alpha value is -0.120. The third-order valence-corrected chi connectivity index (χ3v) is 4.32. The first kappa shape index (κ1) is 15.3. The monoisotopic (exact) mass is 268 g/mol. The Labute approximate surface area is 119 Å². The highest BCUT2D eigenvalue weighted by atomic mass is 16.5. The summed E-state index contributed by atoms with van der Waals surface area (Å²) in [7, 11) is 0. The van der Waals surface area contributed by atoms with E-state index in [1.54, 1.807) is 0 Å². The molecular formula is C16H32N2O. The minimum Gasteiger partial charge on any atom is -0.377 e. The average molecular weight is 268 g/mol. The minimum atomic E-state index is 0.486. The van der Waals surface area contributed by atoms with Gasteiger partial charge >= 0.3 is 0 Å². The molecule has 1 saturated carbocycles. The fourth-order valence-corrected chi connectivity index (χ4v) is 3.09. The Balaban J connectivity index is 1.72. The largest absolute Gasteiger partial charge is 0.377 e. The van der Waals surface area contributed by atoms with Gasteiger partial charge in [0.15, 0.2) is 0 Å². The molecule has 2 unspecified atom stereocenters. The van der Waals surface area contributed by atoms with Crippen LogP contribution in [-0.4, -0.2) is 49.8 Å². The second-order valence-corrected chi connectivity index (χ2v) is 6.29. The van der Waals surface area contributed by atoms with Crippen LogP contribution in [0.4, 0.5) is 0 Å². The first-order chi connectivity index (χ1) is 9.33. The third kappa shape index (κ3) is 5.41. The van der Waals surface area contributed by atoms with E-state index in [2.05, 4.69) is 24.1 Å². The van der Waals surface area contributed by atoms with Crippen molar-refractivity contribution in [3.05, 3.63) is 0 Å². The van der Waals surface area contributed by atoms with E-state index in [0.29, 0.717) is 6.10 Å². The number of hydrogen-bond donors (Lipinski definition) is 1. The first-order valence-corrected chi connectivity index (χ1v) is 8.40. The molecule has 0 aromatic carbocycles. The maximum atomic E-state index is 5.94. The predicted molar refractivity (Wildman–Crippen MR) is 80.5 cm³/mol. The van der Waals surface area contributed by atoms with Crippen LogP contribution in [0.25, 0.3) is 0 Å². The summed E-state index contributed by atoms with van der Waals surface area (Å²) in [6.45, 7) is 10.2. The van der Waals surface area contributed by atoms with Crippen molar-refractivity contribution in [1.82, 2.24) is 10.2 Å². The van der Waals surface area contributed by atoms with Crippen molar-refractivity contribution >= 4 is 0 Å². The Kier molecular flexibility index (Phi) is 6.62. The van der Waals surface area contributed by atoms with Crippen LogP contribution in [0, 0.1) is 5.92 Å². The highest BCUT2D eigenvalue weighted by molar-refractivity contribution is 4.89. The molecule has 1 N–H and O–H groups in total. The maximum absolute atomic E-state index is 5.94. The van der Waals surface area contributed by atoms with Crippen LogP contribution >= 0.6 is 0 Å². The van der Waals surface area contributed by atoms with Crippen molar-refractivity contribution in [1.29, 1.82) is 0 Å². The van der Waals surface area contributed by atoms with Gasteiger partial charge in [-0.25, -0.2) is 0 Å². The fraction of sp³-hybridized carbons (Fsp3) is 1.00. The van der Waals surface area contributed by atoms with E-state index in [9.17, 15) is 0 Å². The summed E-state index contributed by atoms with van der Waals surface area (Å²) in [5, 5.41) is 3.75. The van der Waals surface area contributed by atoms with Gasteiger partial charge in [0, 0.05) is 25.7 Å². The zero-order valence-electron chi connectivity index (χ0n) is 12.9. The number of rotatable bonds is 9. The summed E-state index contributed by atoms with van der Waals surface area (Å²) in [6.07, 6.45) is 8.30. The molecule has 0 spiro atoms. The molecule has 1 aliphatic heterocycles. The smallest absolute Gasteiger partial charge is 0.0702 e. The van der Waals surface area contributed by atoms with Crippen molar-refractivity contribution in [2.24, 2.45) is 5.92 Å². The molecule has 2 fully saturated rings. The second-order valence-electron chi connectivity index (χ2n) is 6.29. The van der Waals surface area contributed by atoms with Crippen LogP contribution in [0.2, 0.25) is 0 Å². The van der Waals surface area contributed by atoms with Crippen LogP contribution in [0.15, 0.2) is 0 Å². The van der Waals surface area contributed by atoms with Gasteiger partial charge in [0.2, 0.25) is 0 Å². The highest BCUT2D eigenvalue weighted by Crippen LogP contribution is 2.33. The van der Waals surface area contributed by atoms with Gasteiger partial charge < -0.3 is 10.1 Å². The standard InChI is InChI=1S/C16H32N2O/c1-3-9-17-16(14-7-8-14)13-18-10-5-6-15(12-18)19-11-4-2/h14-17H,3-13H2,1-2H3. The summed E-state index contributed by atoms with van der Waals surface area (Å²) in [4.78, 5) is 2.63. The zero-order chi connectivity index (χ0) is 13.5. The maximum Gasteiger partial charge on any atom is 0.0702 e. The molecule has 1 aliphatic carbocycles. The van der Waals surface area contributed by atoms with Gasteiger partial charge in [0.25, 0.3) is 0 Å². The molecular weight excluding hydrogens is 236 g/mol. The molecule has 0 radical (unpaired) electrons. The van der Waals surface area contributed by atoms with E-state index in [-0.39, 0.29) is 0 Å². The number of hydrogen-bond acceptors (Lipinski definition) is 3. The number of piperidine rings is 1. The molecule has 112 valence electrons. The quantitative estimate of drug-likeness (QED) is 0.696. The second kappa shape index (κ2) is 8.23. The van der Waals surface area contributed by atoms with Crippen LogP contribution in [-0.2, 0) is 4.74 Å². The van der Waals surface area contributed by atoms with E-state index in [0.717, 1.165) is 31.5 Å². The number of ether oxygens (including phenoxy) is 1. The van der Waals surface area contributed by atoms with Crippen LogP contribution in [0.1, 0.15) is 52.4 Å². The predicted octanol–water partition coefficient (Wildman–Crippen LogP) is 2.66. The molecule has 0 amide bonds. The summed E-state index contributed by atoms with van der Waals surface area (Å²) in [5.74, 6) is 0.948. The summed E-state index contributed by atoms with van der Waals surface area (Å²) >= 11 is 0. The van der Waals surface area contributed by atoms with Gasteiger partial charge in [-0.15, -0.1) is 0 Å². The Bertz CT molecular complexity index is 243. The lowest BCUT2D eigenvalue weighted by Gasteiger charge is -2.35. The average Bonchev–Trinajstić information content (AvgIpc) is 3.26. The van der Waals surface area contributed by atoms with Gasteiger partial charge in [0.05, 0.1) is 6.10 Å². The molecule has 1 heterocycles. The van der Waals surface area contributed by atoms with Crippen LogP contribution in [0.5, 0.6) is 0 Å². The molecule has 1 saturated heterocycles. The number of likely N-dealkylation sites (tertiary alicyclic amines) is 1. The van der Waals surface area contributed by atoms with Gasteiger partial charge in [-0.1, -0.05) is 13.8 Å². The van der Waals surface area contributed by atoms with Gasteiger partial charge in [-0.05, 0) is 57.5 Å². The lowest BCUT2D eigenvalue weighted by atomic mass is 10.1. The summed E-state index contributed by atoms with van der Waals surface area (Å²) in [5.41, 5.74) is 0. The van der Waals surface area contributed by atoms with Crippen molar-refractivity contribution in [2.45, 2.75) is 64.5 Å². The van der Waals surface area contributed by atoms with Gasteiger partial charge in [-0.3, -0.25) is 4.90 Å². The SMILES string of the molecule is CCCNC(CN1CCCC(OCCC)C1)C1CC1. The molecule has 3 nitrogen and oxygen atoms in total. The third-order valence-electron chi connectivity index (χ3n) is 4.32. The van der Waals surface area contributed by atoms with E-state index in [1.807, 2.05) is 0 Å². The molecule has 19 heavy (non-hydrogen) atoms. The van der Waals surface area contributed by atoms with Crippen molar-refractivity contribution < 1.29 is 4.74 Å². The van der Waals surface area contributed by atoms with E-state index in [1.165, 1.54) is 51.7 Å². The number of nitrogens with one attached hydrogen (secondary N) is 1. The molecule has 0 aromatic heterocycles. The molecule has 2 rings (SSSR count). The molecule has 2 aliphatic rings. The summed E-state index contributed by atoms with van der Waals surface area (Å²) in [6, 6.07) is 0.727. The normalized spacial score (nSPS) is 26.5.